The number of aromatic nitrogens is 1. The van der Waals surface area contributed by atoms with E-state index in [1.54, 1.807) is 42.4 Å². The highest BCUT2D eigenvalue weighted by atomic mass is 79.9. The summed E-state index contributed by atoms with van der Waals surface area (Å²) in [5.41, 5.74) is 2.34. The van der Waals surface area contributed by atoms with E-state index >= 15 is 0 Å². The summed E-state index contributed by atoms with van der Waals surface area (Å²) in [6, 6.07) is 7.08. The summed E-state index contributed by atoms with van der Waals surface area (Å²) >= 11 is 9.57. The molecule has 2 amide bonds. The summed E-state index contributed by atoms with van der Waals surface area (Å²) < 4.78 is 0.493. The van der Waals surface area contributed by atoms with Crippen LogP contribution in [0.2, 0.25) is 5.02 Å². The Labute approximate surface area is 244 Å². The van der Waals surface area contributed by atoms with Gasteiger partial charge in [0.2, 0.25) is 0 Å². The van der Waals surface area contributed by atoms with E-state index < -0.39 is 11.4 Å². The zero-order valence-electron chi connectivity index (χ0n) is 25.1. The van der Waals surface area contributed by atoms with E-state index in [1.807, 2.05) is 82.2 Å². The standard InChI is InChI=1S/C24H28BrClN4O2.3C2H6/c1-14-11-15(2)20(17(12-14)22(31)29-24(4,5)6)28-23(32)19(13-16(3)25)30(7)21-18(26)9-8-10-27-21;3*1-2/h8-13H,3H2,1-2,4-7H3,(H,28,32)(H,29,31);3*1-2H3/b19-13-;;;. The number of aryl methyl sites for hydroxylation is 2. The van der Waals surface area contributed by atoms with Crippen molar-refractivity contribution in [3.05, 3.63) is 75.0 Å². The fourth-order valence-electron chi connectivity index (χ4n) is 3.10. The van der Waals surface area contributed by atoms with Gasteiger partial charge in [-0.2, -0.15) is 0 Å². The van der Waals surface area contributed by atoms with Crippen LogP contribution in [0.15, 0.2) is 53.3 Å². The van der Waals surface area contributed by atoms with Gasteiger partial charge in [0.05, 0.1) is 16.3 Å². The molecular formula is C30H46BrClN4O2. The van der Waals surface area contributed by atoms with E-state index in [1.165, 1.54) is 0 Å². The Bertz CT molecular complexity index is 1090. The van der Waals surface area contributed by atoms with E-state index in [-0.39, 0.29) is 11.6 Å². The Morgan fingerprint density at radius 1 is 1.08 bits per heavy atom. The Balaban J connectivity index is 0. The number of halogens is 2. The number of nitrogens with one attached hydrogen (secondary N) is 2. The van der Waals surface area contributed by atoms with Crippen molar-refractivity contribution in [2.75, 3.05) is 17.3 Å². The Morgan fingerprint density at radius 3 is 2.11 bits per heavy atom. The quantitative estimate of drug-likeness (QED) is 0.253. The van der Waals surface area contributed by atoms with E-state index in [4.69, 9.17) is 11.6 Å². The molecule has 0 bridgehead atoms. The molecule has 2 N–H and O–H groups in total. The first-order valence-corrected chi connectivity index (χ1v) is 14.1. The monoisotopic (exact) mass is 608 g/mol. The van der Waals surface area contributed by atoms with Gasteiger partial charge in [0.1, 0.15) is 5.70 Å². The second kappa shape index (κ2) is 18.6. The number of rotatable bonds is 6. The first-order valence-electron chi connectivity index (χ1n) is 13.0. The SMILES string of the molecule is C=C(Br)/C=C(/C(=O)Nc1c(C)cc(C)cc1C(=O)NC(C)(C)C)N(C)c1ncccc1Cl.CC.CC.CC. The van der Waals surface area contributed by atoms with E-state index in [9.17, 15) is 9.59 Å². The maximum atomic E-state index is 13.4. The van der Waals surface area contributed by atoms with Gasteiger partial charge in [-0.1, -0.05) is 81.7 Å². The molecular weight excluding hydrogens is 564 g/mol. The normalized spacial score (nSPS) is 10.3. The lowest BCUT2D eigenvalue weighted by Gasteiger charge is -2.24. The fraction of sp³-hybridized carbons (Fsp3) is 0.433. The highest BCUT2D eigenvalue weighted by Crippen LogP contribution is 2.28. The number of carbonyl (C=O) groups is 2. The van der Waals surface area contributed by atoms with Crippen LogP contribution in [0.1, 0.15) is 83.8 Å². The van der Waals surface area contributed by atoms with Crippen molar-refractivity contribution >= 4 is 50.9 Å². The van der Waals surface area contributed by atoms with Crippen LogP contribution in [0.4, 0.5) is 11.5 Å². The fourth-order valence-corrected chi connectivity index (χ4v) is 3.56. The molecule has 1 aromatic carbocycles. The van der Waals surface area contributed by atoms with Crippen molar-refractivity contribution in [1.29, 1.82) is 0 Å². The zero-order valence-corrected chi connectivity index (χ0v) is 27.5. The first-order chi connectivity index (χ1) is 17.8. The van der Waals surface area contributed by atoms with Crippen molar-refractivity contribution in [2.24, 2.45) is 0 Å². The molecule has 0 spiro atoms. The van der Waals surface area contributed by atoms with Crippen molar-refractivity contribution in [3.63, 3.8) is 0 Å². The second-order valence-electron chi connectivity index (χ2n) is 8.51. The summed E-state index contributed by atoms with van der Waals surface area (Å²) in [5.74, 6) is -0.293. The molecule has 8 heteroatoms. The van der Waals surface area contributed by atoms with Gasteiger partial charge in [-0.3, -0.25) is 9.59 Å². The molecule has 38 heavy (non-hydrogen) atoms. The maximum Gasteiger partial charge on any atom is 0.272 e. The minimum absolute atomic E-state index is 0.245. The molecule has 0 aliphatic heterocycles. The number of likely N-dealkylation sites (N-methyl/N-ethyl adjacent to an activating group) is 1. The van der Waals surface area contributed by atoms with Gasteiger partial charge in [0.15, 0.2) is 5.82 Å². The number of nitrogens with zero attached hydrogens (tertiary/aromatic N) is 2. The van der Waals surface area contributed by atoms with Gasteiger partial charge >= 0.3 is 0 Å². The molecule has 0 aliphatic carbocycles. The van der Waals surface area contributed by atoms with Gasteiger partial charge in [0, 0.05) is 23.3 Å². The predicted molar refractivity (Wildman–Crippen MR) is 170 cm³/mol. The molecule has 1 heterocycles. The van der Waals surface area contributed by atoms with E-state index in [2.05, 4.69) is 38.1 Å². The third kappa shape index (κ3) is 12.3. The molecule has 0 fully saturated rings. The smallest absolute Gasteiger partial charge is 0.272 e. The molecule has 1 aromatic heterocycles. The summed E-state index contributed by atoms with van der Waals surface area (Å²) in [7, 11) is 1.69. The lowest BCUT2D eigenvalue weighted by atomic mass is 10.0. The van der Waals surface area contributed by atoms with Gasteiger partial charge < -0.3 is 15.5 Å². The number of amides is 2. The number of hydrogen-bond donors (Lipinski definition) is 2. The summed E-state index contributed by atoms with van der Waals surface area (Å²) in [6.07, 6.45) is 3.16. The third-order valence-electron chi connectivity index (χ3n) is 4.40. The number of anilines is 2. The number of allylic oxidation sites excluding steroid dienone is 2. The van der Waals surface area contributed by atoms with Crippen molar-refractivity contribution in [1.82, 2.24) is 10.3 Å². The van der Waals surface area contributed by atoms with E-state index in [0.717, 1.165) is 11.1 Å². The molecule has 2 rings (SSSR count). The summed E-state index contributed by atoms with van der Waals surface area (Å²) in [6.45, 7) is 25.3. The Hall–Kier alpha value is -2.64. The molecule has 0 atom stereocenters. The van der Waals surface area contributed by atoms with Crippen molar-refractivity contribution < 1.29 is 9.59 Å². The number of benzene rings is 1. The molecule has 0 unspecified atom stereocenters. The van der Waals surface area contributed by atoms with Crippen LogP contribution >= 0.6 is 27.5 Å². The molecule has 2 aromatic rings. The van der Waals surface area contributed by atoms with Gasteiger partial charge in [0.25, 0.3) is 11.8 Å². The van der Waals surface area contributed by atoms with E-state index in [0.29, 0.717) is 26.6 Å². The highest BCUT2D eigenvalue weighted by molar-refractivity contribution is 9.11. The molecule has 0 radical (unpaired) electrons. The highest BCUT2D eigenvalue weighted by Gasteiger charge is 2.24. The van der Waals surface area contributed by atoms with Crippen LogP contribution < -0.4 is 15.5 Å². The number of hydrogen-bond acceptors (Lipinski definition) is 4. The first kappa shape index (κ1) is 37.5. The largest absolute Gasteiger partial charge is 0.347 e. The predicted octanol–water partition coefficient (Wildman–Crippen LogP) is 8.83. The Morgan fingerprint density at radius 2 is 1.63 bits per heavy atom. The average molecular weight is 610 g/mol. The topological polar surface area (TPSA) is 74.3 Å². The average Bonchev–Trinajstić information content (AvgIpc) is 2.86. The maximum absolute atomic E-state index is 13.4. The van der Waals surface area contributed by atoms with Gasteiger partial charge in [-0.05, 0) is 70.0 Å². The molecule has 0 aliphatic rings. The van der Waals surface area contributed by atoms with Gasteiger partial charge in [-0.25, -0.2) is 4.98 Å². The summed E-state index contributed by atoms with van der Waals surface area (Å²) in [4.78, 5) is 32.2. The Kier molecular flexibility index (Phi) is 18.3. The lowest BCUT2D eigenvalue weighted by molar-refractivity contribution is -0.112. The van der Waals surface area contributed by atoms with Crippen LogP contribution in [-0.2, 0) is 4.79 Å². The molecule has 0 saturated carbocycles. The second-order valence-corrected chi connectivity index (χ2v) is 9.93. The van der Waals surface area contributed by atoms with Gasteiger partial charge in [-0.15, -0.1) is 0 Å². The van der Waals surface area contributed by atoms with Crippen LogP contribution in [0.25, 0.3) is 0 Å². The number of carbonyl (C=O) groups excluding carboxylic acids is 2. The summed E-state index contributed by atoms with van der Waals surface area (Å²) in [5, 5.41) is 6.26. The minimum Gasteiger partial charge on any atom is -0.347 e. The lowest BCUT2D eigenvalue weighted by Crippen LogP contribution is -2.41. The minimum atomic E-state index is -0.438. The van der Waals surface area contributed by atoms with Crippen LogP contribution in [-0.4, -0.2) is 29.4 Å². The van der Waals surface area contributed by atoms with Crippen LogP contribution in [0.5, 0.6) is 0 Å². The van der Waals surface area contributed by atoms with Crippen molar-refractivity contribution in [2.45, 2.75) is 81.7 Å². The third-order valence-corrected chi connectivity index (χ3v) is 4.92. The van der Waals surface area contributed by atoms with Crippen molar-refractivity contribution in [3.8, 4) is 0 Å². The zero-order chi connectivity index (χ0) is 30.2. The number of pyridine rings is 1. The molecule has 0 saturated heterocycles. The molecule has 212 valence electrons. The molecule has 6 nitrogen and oxygen atoms in total. The van der Waals surface area contributed by atoms with Crippen LogP contribution in [0.3, 0.4) is 0 Å². The van der Waals surface area contributed by atoms with Crippen LogP contribution in [0, 0.1) is 13.8 Å².